The minimum atomic E-state index is -0.460. The highest BCUT2D eigenvalue weighted by atomic mass is 16.6. The van der Waals surface area contributed by atoms with Crippen LogP contribution in [0.3, 0.4) is 0 Å². The number of carbonyl (C=O) groups is 1. The summed E-state index contributed by atoms with van der Waals surface area (Å²) in [7, 11) is 0. The quantitative estimate of drug-likeness (QED) is 0.678. The van der Waals surface area contributed by atoms with Crippen LogP contribution in [-0.2, 0) is 4.79 Å². The summed E-state index contributed by atoms with van der Waals surface area (Å²) in [4.78, 5) is 26.3. The third-order valence-electron chi connectivity index (χ3n) is 3.07. The second-order valence-electron chi connectivity index (χ2n) is 4.84. The third kappa shape index (κ3) is 3.09. The molecule has 1 atom stereocenters. The van der Waals surface area contributed by atoms with Crippen molar-refractivity contribution in [3.8, 4) is 0 Å². The van der Waals surface area contributed by atoms with Gasteiger partial charge in [-0.1, -0.05) is 6.92 Å². The molecule has 1 aromatic rings. The average molecular weight is 273 g/mol. The average Bonchev–Trinajstić information content (AvgIpc) is 2.40. The molecule has 0 aliphatic carbocycles. The Morgan fingerprint density at radius 2 is 2.25 bits per heavy atom. The Morgan fingerprint density at radius 3 is 2.85 bits per heavy atom. The van der Waals surface area contributed by atoms with Crippen molar-refractivity contribution in [3.05, 3.63) is 45.6 Å². The second kappa shape index (κ2) is 5.64. The maximum Gasteiger partial charge on any atom is 0.269 e. The van der Waals surface area contributed by atoms with Crippen LogP contribution in [0.5, 0.6) is 0 Å². The van der Waals surface area contributed by atoms with Crippen LogP contribution in [0.25, 0.3) is 0 Å². The molecule has 1 N–H and O–H groups in total. The zero-order valence-electron chi connectivity index (χ0n) is 11.3. The van der Waals surface area contributed by atoms with Gasteiger partial charge in [0.2, 0.25) is 0 Å². The maximum absolute atomic E-state index is 12.1. The molecule has 1 aliphatic rings. The molecular weight excluding hydrogens is 258 g/mol. The van der Waals surface area contributed by atoms with Gasteiger partial charge in [-0.2, -0.15) is 0 Å². The highest BCUT2D eigenvalue weighted by Gasteiger charge is 2.16. The van der Waals surface area contributed by atoms with Crippen molar-refractivity contribution in [2.75, 3.05) is 5.32 Å². The predicted molar refractivity (Wildman–Crippen MR) is 76.8 cm³/mol. The fourth-order valence-electron chi connectivity index (χ4n) is 1.99. The Labute approximate surface area is 116 Å². The summed E-state index contributed by atoms with van der Waals surface area (Å²) in [6, 6.07) is 4.35. The Kier molecular flexibility index (Phi) is 3.93. The summed E-state index contributed by atoms with van der Waals surface area (Å²) < 4.78 is 0. The normalized spacial score (nSPS) is 17.5. The van der Waals surface area contributed by atoms with E-state index in [-0.39, 0.29) is 17.5 Å². The Balaban J connectivity index is 2.14. The fraction of sp³-hybridized carbons (Fsp3) is 0.286. The number of nitrogens with one attached hydrogen (secondary N) is 1. The lowest BCUT2D eigenvalue weighted by Gasteiger charge is -2.14. The molecule has 1 heterocycles. The second-order valence-corrected chi connectivity index (χ2v) is 4.84. The van der Waals surface area contributed by atoms with Crippen molar-refractivity contribution in [1.29, 1.82) is 0 Å². The van der Waals surface area contributed by atoms with E-state index >= 15 is 0 Å². The lowest BCUT2D eigenvalue weighted by molar-refractivity contribution is -0.384. The van der Waals surface area contributed by atoms with Gasteiger partial charge in [-0.3, -0.25) is 19.9 Å². The number of aliphatic imine (C=N–C) groups is 1. The highest BCUT2D eigenvalue weighted by molar-refractivity contribution is 6.04. The number of nitrogens with zero attached hydrogens (tertiary/aromatic N) is 2. The molecule has 6 heteroatoms. The topological polar surface area (TPSA) is 84.6 Å². The predicted octanol–water partition coefficient (Wildman–Crippen LogP) is 2.84. The summed E-state index contributed by atoms with van der Waals surface area (Å²) in [6.07, 6.45) is 3.99. The molecule has 0 radical (unpaired) electrons. The van der Waals surface area contributed by atoms with E-state index in [4.69, 9.17) is 0 Å². The SMILES string of the molecule is Cc1cc([N+](=O)[O-])ccc1NC(=O)C1=CN=CC(C)C1. The molecule has 6 nitrogen and oxygen atoms in total. The maximum atomic E-state index is 12.1. The van der Waals surface area contributed by atoms with Crippen LogP contribution in [0.2, 0.25) is 0 Å². The summed E-state index contributed by atoms with van der Waals surface area (Å²) in [6.45, 7) is 3.71. The van der Waals surface area contributed by atoms with Gasteiger partial charge in [-0.25, -0.2) is 0 Å². The molecule has 0 saturated heterocycles. The minimum absolute atomic E-state index is 0.00982. The number of aryl methyl sites for hydroxylation is 1. The molecule has 0 bridgehead atoms. The molecule has 1 amide bonds. The van der Waals surface area contributed by atoms with E-state index in [0.717, 1.165) is 0 Å². The minimum Gasteiger partial charge on any atom is -0.322 e. The van der Waals surface area contributed by atoms with Crippen molar-refractivity contribution < 1.29 is 9.72 Å². The number of nitro groups is 1. The number of carbonyl (C=O) groups excluding carboxylic acids is 1. The van der Waals surface area contributed by atoms with Crippen molar-refractivity contribution in [3.63, 3.8) is 0 Å². The molecule has 0 saturated carbocycles. The lowest BCUT2D eigenvalue weighted by atomic mass is 10.0. The lowest BCUT2D eigenvalue weighted by Crippen LogP contribution is -2.18. The Bertz CT molecular complexity index is 620. The van der Waals surface area contributed by atoms with E-state index in [1.807, 2.05) is 6.92 Å². The van der Waals surface area contributed by atoms with Gasteiger partial charge >= 0.3 is 0 Å². The van der Waals surface area contributed by atoms with Crippen LogP contribution < -0.4 is 5.32 Å². The summed E-state index contributed by atoms with van der Waals surface area (Å²) >= 11 is 0. The summed E-state index contributed by atoms with van der Waals surface area (Å²) in [5, 5.41) is 13.4. The van der Waals surface area contributed by atoms with Crippen LogP contribution in [0.4, 0.5) is 11.4 Å². The fourth-order valence-corrected chi connectivity index (χ4v) is 1.99. The molecule has 2 rings (SSSR count). The van der Waals surface area contributed by atoms with Crippen molar-refractivity contribution in [2.24, 2.45) is 10.9 Å². The van der Waals surface area contributed by atoms with Gasteiger partial charge in [0.15, 0.2) is 0 Å². The van der Waals surface area contributed by atoms with E-state index in [2.05, 4.69) is 10.3 Å². The number of hydrogen-bond donors (Lipinski definition) is 1. The molecule has 104 valence electrons. The highest BCUT2D eigenvalue weighted by Crippen LogP contribution is 2.23. The van der Waals surface area contributed by atoms with Crippen molar-refractivity contribution in [2.45, 2.75) is 20.3 Å². The van der Waals surface area contributed by atoms with E-state index in [1.54, 1.807) is 25.4 Å². The number of hydrogen-bond acceptors (Lipinski definition) is 4. The molecule has 20 heavy (non-hydrogen) atoms. The number of non-ortho nitro benzene ring substituents is 1. The van der Waals surface area contributed by atoms with Gasteiger partial charge in [0.1, 0.15) is 0 Å². The summed E-state index contributed by atoms with van der Waals surface area (Å²) in [5.41, 5.74) is 1.84. The van der Waals surface area contributed by atoms with Crippen LogP contribution in [-0.4, -0.2) is 17.0 Å². The zero-order chi connectivity index (χ0) is 14.7. The standard InChI is InChI=1S/C14H15N3O3/c1-9-5-11(8-15-7-9)14(18)16-13-4-3-12(17(19)20)6-10(13)2/h3-4,6-9H,5H2,1-2H3,(H,16,18). The first kappa shape index (κ1) is 13.9. The number of amides is 1. The first-order chi connectivity index (χ1) is 9.47. The Hall–Kier alpha value is -2.50. The van der Waals surface area contributed by atoms with Crippen molar-refractivity contribution >= 4 is 23.5 Å². The van der Waals surface area contributed by atoms with Gasteiger partial charge in [0, 0.05) is 35.8 Å². The third-order valence-corrected chi connectivity index (χ3v) is 3.07. The van der Waals surface area contributed by atoms with Gasteiger partial charge in [0.05, 0.1) is 4.92 Å². The van der Waals surface area contributed by atoms with Crippen LogP contribution in [0.15, 0.2) is 35.0 Å². The smallest absolute Gasteiger partial charge is 0.269 e. The molecule has 0 aromatic heterocycles. The van der Waals surface area contributed by atoms with Crippen LogP contribution in [0, 0.1) is 23.0 Å². The van der Waals surface area contributed by atoms with Gasteiger partial charge in [0.25, 0.3) is 11.6 Å². The van der Waals surface area contributed by atoms with Crippen LogP contribution >= 0.6 is 0 Å². The summed E-state index contributed by atoms with van der Waals surface area (Å²) in [5.74, 6) is 0.0179. The zero-order valence-corrected chi connectivity index (χ0v) is 11.3. The van der Waals surface area contributed by atoms with E-state index in [9.17, 15) is 14.9 Å². The Morgan fingerprint density at radius 1 is 1.50 bits per heavy atom. The molecule has 1 aromatic carbocycles. The first-order valence-electron chi connectivity index (χ1n) is 6.26. The molecule has 1 aliphatic heterocycles. The number of nitro benzene ring substituents is 1. The van der Waals surface area contributed by atoms with Crippen LogP contribution in [0.1, 0.15) is 18.9 Å². The molecule has 1 unspecified atom stereocenters. The molecule has 0 spiro atoms. The van der Waals surface area contributed by atoms with E-state index in [0.29, 0.717) is 23.2 Å². The molecule has 0 fully saturated rings. The number of anilines is 1. The number of rotatable bonds is 3. The van der Waals surface area contributed by atoms with Gasteiger partial charge < -0.3 is 5.32 Å². The van der Waals surface area contributed by atoms with Gasteiger partial charge in [-0.05, 0) is 30.9 Å². The van der Waals surface area contributed by atoms with Gasteiger partial charge in [-0.15, -0.1) is 0 Å². The monoisotopic (exact) mass is 273 g/mol. The van der Waals surface area contributed by atoms with E-state index < -0.39 is 4.92 Å². The number of benzene rings is 1. The van der Waals surface area contributed by atoms with Crippen molar-refractivity contribution in [1.82, 2.24) is 0 Å². The molecular formula is C14H15N3O3. The van der Waals surface area contributed by atoms with E-state index in [1.165, 1.54) is 12.1 Å². The first-order valence-corrected chi connectivity index (χ1v) is 6.26. The largest absolute Gasteiger partial charge is 0.322 e.